The standard InChI is InChI=1S/C30H32ClN3O4/c31-25-13-14-26(35)34(33-25)19-20-9-11-23(12-10-20)27(22-6-1-2-7-22)28(36)32-24-8-3-5-21(17-24)18-30(29(37)38)15-4-16-30/h3,5,8-14,17,22,27H,1-2,4,6-7,15-16,18-19H2,(H,32,36)(H,37,38). The number of halogens is 1. The van der Waals surface area contributed by atoms with Gasteiger partial charge in [0.25, 0.3) is 5.56 Å². The summed E-state index contributed by atoms with van der Waals surface area (Å²) in [5.74, 6) is -0.823. The third-order valence-electron chi connectivity index (χ3n) is 8.16. The second-order valence-corrected chi connectivity index (χ2v) is 11.1. The van der Waals surface area contributed by atoms with Crippen LogP contribution in [0, 0.1) is 11.3 Å². The summed E-state index contributed by atoms with van der Waals surface area (Å²) in [6, 6.07) is 18.3. The van der Waals surface area contributed by atoms with Crippen LogP contribution >= 0.6 is 11.6 Å². The fourth-order valence-electron chi connectivity index (χ4n) is 5.91. The van der Waals surface area contributed by atoms with Crippen molar-refractivity contribution in [1.82, 2.24) is 9.78 Å². The molecule has 1 heterocycles. The smallest absolute Gasteiger partial charge is 0.309 e. The molecule has 0 radical (unpaired) electrons. The molecule has 1 amide bonds. The molecule has 1 aromatic heterocycles. The Kier molecular flexibility index (Phi) is 7.65. The van der Waals surface area contributed by atoms with Gasteiger partial charge >= 0.3 is 5.97 Å². The lowest BCUT2D eigenvalue weighted by Gasteiger charge is -2.37. The van der Waals surface area contributed by atoms with Crippen LogP contribution in [0.25, 0.3) is 0 Å². The molecule has 2 N–H and O–H groups in total. The van der Waals surface area contributed by atoms with Gasteiger partial charge in [-0.25, -0.2) is 4.68 Å². The molecule has 0 bridgehead atoms. The number of carbonyl (C=O) groups is 2. The molecule has 8 heteroatoms. The highest BCUT2D eigenvalue weighted by Crippen LogP contribution is 2.44. The van der Waals surface area contributed by atoms with E-state index in [1.54, 1.807) is 0 Å². The molecule has 38 heavy (non-hydrogen) atoms. The molecule has 7 nitrogen and oxygen atoms in total. The summed E-state index contributed by atoms with van der Waals surface area (Å²) >= 11 is 5.95. The Morgan fingerprint density at radius 1 is 1.03 bits per heavy atom. The number of amides is 1. The number of hydrogen-bond donors (Lipinski definition) is 2. The molecule has 5 rings (SSSR count). The Morgan fingerprint density at radius 2 is 1.76 bits per heavy atom. The van der Waals surface area contributed by atoms with E-state index in [-0.39, 0.29) is 28.5 Å². The van der Waals surface area contributed by atoms with Gasteiger partial charge in [-0.3, -0.25) is 14.4 Å². The number of nitrogens with zero attached hydrogens (tertiary/aromatic N) is 2. The van der Waals surface area contributed by atoms with Crippen molar-refractivity contribution in [1.29, 1.82) is 0 Å². The Labute approximate surface area is 226 Å². The van der Waals surface area contributed by atoms with E-state index in [1.807, 2.05) is 48.5 Å². The van der Waals surface area contributed by atoms with Crippen molar-refractivity contribution in [2.75, 3.05) is 5.32 Å². The average molecular weight is 534 g/mol. The quantitative estimate of drug-likeness (QED) is 0.370. The van der Waals surface area contributed by atoms with Crippen molar-refractivity contribution >= 4 is 29.2 Å². The summed E-state index contributed by atoms with van der Waals surface area (Å²) in [7, 11) is 0. The number of aliphatic carboxylic acids is 1. The third-order valence-corrected chi connectivity index (χ3v) is 8.36. The van der Waals surface area contributed by atoms with E-state index in [2.05, 4.69) is 10.4 Å². The van der Waals surface area contributed by atoms with Gasteiger partial charge < -0.3 is 10.4 Å². The highest BCUT2D eigenvalue weighted by molar-refractivity contribution is 6.29. The summed E-state index contributed by atoms with van der Waals surface area (Å²) < 4.78 is 1.32. The lowest BCUT2D eigenvalue weighted by molar-refractivity contribution is -0.154. The summed E-state index contributed by atoms with van der Waals surface area (Å²) in [6.45, 7) is 0.296. The van der Waals surface area contributed by atoms with Crippen molar-refractivity contribution in [3.8, 4) is 0 Å². The molecule has 2 fully saturated rings. The van der Waals surface area contributed by atoms with E-state index in [4.69, 9.17) is 11.6 Å². The molecular weight excluding hydrogens is 502 g/mol. The number of benzene rings is 2. The monoisotopic (exact) mass is 533 g/mol. The van der Waals surface area contributed by atoms with Crippen LogP contribution in [-0.2, 0) is 22.6 Å². The number of rotatable bonds is 9. The summed E-state index contributed by atoms with van der Waals surface area (Å²) in [5.41, 5.74) is 2.56. The lowest BCUT2D eigenvalue weighted by Crippen LogP contribution is -2.39. The molecule has 1 unspecified atom stereocenters. The fraction of sp³-hybridized carbons (Fsp3) is 0.400. The first-order valence-electron chi connectivity index (χ1n) is 13.3. The van der Waals surface area contributed by atoms with Crippen molar-refractivity contribution in [2.45, 2.75) is 63.8 Å². The van der Waals surface area contributed by atoms with Crippen LogP contribution in [0.3, 0.4) is 0 Å². The van der Waals surface area contributed by atoms with Gasteiger partial charge in [0.1, 0.15) is 5.15 Å². The van der Waals surface area contributed by atoms with Gasteiger partial charge in [0.15, 0.2) is 0 Å². The molecule has 1 atom stereocenters. The van der Waals surface area contributed by atoms with Gasteiger partial charge in [-0.05, 0) is 72.9 Å². The molecule has 2 aliphatic carbocycles. The average Bonchev–Trinajstić information content (AvgIpc) is 3.39. The van der Waals surface area contributed by atoms with Crippen molar-refractivity contribution in [2.24, 2.45) is 11.3 Å². The van der Waals surface area contributed by atoms with Crippen LogP contribution in [0.2, 0.25) is 5.15 Å². The van der Waals surface area contributed by atoms with Crippen molar-refractivity contribution < 1.29 is 14.7 Å². The van der Waals surface area contributed by atoms with E-state index in [1.165, 1.54) is 16.8 Å². The van der Waals surface area contributed by atoms with Crippen LogP contribution in [0.15, 0.2) is 65.5 Å². The Bertz CT molecular complexity index is 1370. The van der Waals surface area contributed by atoms with Gasteiger partial charge in [0.05, 0.1) is 17.9 Å². The minimum absolute atomic E-state index is 0.0499. The molecule has 0 spiro atoms. The number of carboxylic acid groups (broad SMARTS) is 1. The SMILES string of the molecule is O=C(Nc1cccc(CC2(C(=O)O)CCC2)c1)C(c1ccc(Cn2nc(Cl)ccc2=O)cc1)C1CCCC1. The van der Waals surface area contributed by atoms with Crippen molar-refractivity contribution in [3.63, 3.8) is 0 Å². The molecule has 0 aliphatic heterocycles. The van der Waals surface area contributed by atoms with E-state index in [0.717, 1.165) is 48.8 Å². The number of aromatic nitrogens is 2. The summed E-state index contributed by atoms with van der Waals surface area (Å²) in [4.78, 5) is 37.6. The largest absolute Gasteiger partial charge is 0.481 e. The maximum Gasteiger partial charge on any atom is 0.309 e. The number of nitrogens with one attached hydrogen (secondary N) is 1. The second-order valence-electron chi connectivity index (χ2n) is 10.7. The van der Waals surface area contributed by atoms with Gasteiger partial charge in [-0.1, -0.05) is 67.3 Å². The predicted octanol–water partition coefficient (Wildman–Crippen LogP) is 5.65. The normalized spacial score (nSPS) is 17.5. The highest BCUT2D eigenvalue weighted by atomic mass is 35.5. The molecule has 2 aliphatic rings. The molecule has 0 saturated heterocycles. The van der Waals surface area contributed by atoms with E-state index < -0.39 is 11.4 Å². The first-order chi connectivity index (χ1) is 18.3. The van der Waals surface area contributed by atoms with Gasteiger partial charge in [0, 0.05) is 11.8 Å². The minimum Gasteiger partial charge on any atom is -0.481 e. The van der Waals surface area contributed by atoms with E-state index in [9.17, 15) is 19.5 Å². The van der Waals surface area contributed by atoms with Gasteiger partial charge in [-0.2, -0.15) is 5.10 Å². The number of hydrogen-bond acceptors (Lipinski definition) is 4. The zero-order valence-electron chi connectivity index (χ0n) is 21.2. The van der Waals surface area contributed by atoms with Gasteiger partial charge in [0.2, 0.25) is 5.91 Å². The van der Waals surface area contributed by atoms with Crippen molar-refractivity contribution in [3.05, 3.63) is 92.9 Å². The first-order valence-corrected chi connectivity index (χ1v) is 13.7. The fourth-order valence-corrected chi connectivity index (χ4v) is 6.06. The molecule has 3 aromatic rings. The highest BCUT2D eigenvalue weighted by Gasteiger charge is 2.44. The molecule has 2 saturated carbocycles. The summed E-state index contributed by atoms with van der Waals surface area (Å²) in [5, 5.41) is 17.2. The predicted molar refractivity (Wildman–Crippen MR) is 146 cm³/mol. The lowest BCUT2D eigenvalue weighted by atomic mass is 9.65. The van der Waals surface area contributed by atoms with E-state index >= 15 is 0 Å². The molecule has 198 valence electrons. The number of carbonyl (C=O) groups excluding carboxylic acids is 1. The summed E-state index contributed by atoms with van der Waals surface area (Å²) in [6.07, 6.45) is 7.04. The maximum absolute atomic E-state index is 13.7. The van der Waals surface area contributed by atoms with Crippen LogP contribution in [0.1, 0.15) is 67.6 Å². The van der Waals surface area contributed by atoms with Crippen LogP contribution in [0.4, 0.5) is 5.69 Å². The Morgan fingerprint density at radius 3 is 2.42 bits per heavy atom. The van der Waals surface area contributed by atoms with Crippen LogP contribution < -0.4 is 10.9 Å². The van der Waals surface area contributed by atoms with E-state index in [0.29, 0.717) is 31.5 Å². The van der Waals surface area contributed by atoms with Crippen LogP contribution in [0.5, 0.6) is 0 Å². The number of carboxylic acids is 1. The minimum atomic E-state index is -0.737. The Hall–Kier alpha value is -3.45. The zero-order chi connectivity index (χ0) is 26.7. The maximum atomic E-state index is 13.7. The third kappa shape index (κ3) is 5.68. The number of anilines is 1. The molecule has 2 aromatic carbocycles. The topological polar surface area (TPSA) is 101 Å². The van der Waals surface area contributed by atoms with Crippen LogP contribution in [-0.4, -0.2) is 26.8 Å². The van der Waals surface area contributed by atoms with Gasteiger partial charge in [-0.15, -0.1) is 0 Å². The first kappa shape index (κ1) is 26.2. The second kappa shape index (κ2) is 11.1. The molecular formula is C30H32ClN3O4. The Balaban J connectivity index is 1.33. The zero-order valence-corrected chi connectivity index (χ0v) is 22.0.